The van der Waals surface area contributed by atoms with Gasteiger partial charge < -0.3 is 9.32 Å². The normalized spacial score (nSPS) is 18.2. The van der Waals surface area contributed by atoms with Gasteiger partial charge in [0.25, 0.3) is 0 Å². The highest BCUT2D eigenvalue weighted by atomic mass is 16.3. The number of carbonyl (C=O) groups excluding carboxylic acids is 1. The van der Waals surface area contributed by atoms with Crippen LogP contribution in [0.3, 0.4) is 0 Å². The van der Waals surface area contributed by atoms with Crippen LogP contribution in [-0.2, 0) is 11.2 Å². The topological polar surface area (TPSA) is 82.2 Å². The lowest BCUT2D eigenvalue weighted by molar-refractivity contribution is -0.127. The van der Waals surface area contributed by atoms with Gasteiger partial charge in [0.2, 0.25) is 5.91 Å². The maximum absolute atomic E-state index is 11.9. The van der Waals surface area contributed by atoms with Gasteiger partial charge in [-0.05, 0) is 41.6 Å². The third kappa shape index (κ3) is 3.01. The summed E-state index contributed by atoms with van der Waals surface area (Å²) < 4.78 is 5.32. The molecule has 2 aromatic rings. The van der Waals surface area contributed by atoms with Crippen molar-refractivity contribution in [3.63, 3.8) is 0 Å². The fraction of sp³-hybridized carbons (Fsp3) is 0.400. The van der Waals surface area contributed by atoms with E-state index in [4.69, 9.17) is 9.95 Å². The van der Waals surface area contributed by atoms with Gasteiger partial charge in [-0.1, -0.05) is 11.2 Å². The van der Waals surface area contributed by atoms with Crippen molar-refractivity contribution in [3.8, 4) is 0 Å². The number of azide groups is 1. The molecule has 1 aromatic heterocycles. The van der Waals surface area contributed by atoms with Crippen LogP contribution >= 0.6 is 0 Å². The molecule has 0 N–H and O–H groups in total. The number of nitrogens with zero attached hydrogens (tertiary/aromatic N) is 4. The Hall–Kier alpha value is -2.46. The Morgan fingerprint density at radius 3 is 3.19 bits per heavy atom. The van der Waals surface area contributed by atoms with E-state index in [1.807, 2.05) is 23.1 Å². The fourth-order valence-electron chi connectivity index (χ4n) is 2.78. The van der Waals surface area contributed by atoms with E-state index >= 15 is 0 Å². The summed E-state index contributed by atoms with van der Waals surface area (Å²) in [5.41, 5.74) is 10.4. The van der Waals surface area contributed by atoms with Crippen LogP contribution < -0.4 is 0 Å². The minimum absolute atomic E-state index is 0.150. The van der Waals surface area contributed by atoms with Crippen LogP contribution in [0.5, 0.6) is 0 Å². The summed E-state index contributed by atoms with van der Waals surface area (Å²) in [4.78, 5) is 16.5. The quantitative estimate of drug-likeness (QED) is 0.480. The monoisotopic (exact) mass is 284 g/mol. The molecule has 1 fully saturated rings. The van der Waals surface area contributed by atoms with E-state index in [-0.39, 0.29) is 11.8 Å². The smallest absolute Gasteiger partial charge is 0.222 e. The number of fused-ring (bicyclic) bond motifs is 1. The van der Waals surface area contributed by atoms with Crippen LogP contribution in [0.15, 0.2) is 40.1 Å². The van der Waals surface area contributed by atoms with Crippen molar-refractivity contribution in [1.82, 2.24) is 4.90 Å². The minimum Gasteiger partial charge on any atom is -0.464 e. The largest absolute Gasteiger partial charge is 0.464 e. The van der Waals surface area contributed by atoms with Gasteiger partial charge in [-0.15, -0.1) is 0 Å². The molecule has 6 nitrogen and oxygen atoms in total. The van der Waals surface area contributed by atoms with Gasteiger partial charge in [-0.3, -0.25) is 4.79 Å². The summed E-state index contributed by atoms with van der Waals surface area (Å²) in [5, 5.41) is 4.65. The van der Waals surface area contributed by atoms with Crippen molar-refractivity contribution >= 4 is 16.9 Å². The zero-order valence-electron chi connectivity index (χ0n) is 11.6. The van der Waals surface area contributed by atoms with E-state index in [9.17, 15) is 4.79 Å². The van der Waals surface area contributed by atoms with Gasteiger partial charge in [0.15, 0.2) is 0 Å². The molecule has 1 saturated heterocycles. The first-order valence-corrected chi connectivity index (χ1v) is 7.01. The number of furan rings is 1. The average molecular weight is 284 g/mol. The number of likely N-dealkylation sites (tertiary alicyclic amines) is 1. The molecule has 6 heteroatoms. The van der Waals surface area contributed by atoms with Crippen molar-refractivity contribution in [3.05, 3.63) is 46.5 Å². The fourth-order valence-corrected chi connectivity index (χ4v) is 2.78. The molecule has 0 saturated carbocycles. The van der Waals surface area contributed by atoms with Crippen molar-refractivity contribution in [2.24, 2.45) is 11.0 Å². The second-order valence-electron chi connectivity index (χ2n) is 5.37. The predicted octanol–water partition coefficient (Wildman–Crippen LogP) is 3.13. The molecular weight excluding hydrogens is 268 g/mol. The molecule has 1 unspecified atom stereocenters. The maximum atomic E-state index is 11.9. The molecule has 1 amide bonds. The average Bonchev–Trinajstić information content (AvgIpc) is 3.08. The van der Waals surface area contributed by atoms with E-state index in [2.05, 4.69) is 16.1 Å². The Bertz CT molecular complexity index is 703. The molecule has 1 atom stereocenters. The van der Waals surface area contributed by atoms with Gasteiger partial charge in [-0.2, -0.15) is 0 Å². The Labute approximate surface area is 122 Å². The van der Waals surface area contributed by atoms with E-state index < -0.39 is 0 Å². The van der Waals surface area contributed by atoms with Crippen LogP contribution in [-0.4, -0.2) is 30.4 Å². The van der Waals surface area contributed by atoms with Crippen molar-refractivity contribution in [1.29, 1.82) is 0 Å². The molecule has 0 bridgehead atoms. The van der Waals surface area contributed by atoms with E-state index in [1.165, 1.54) is 5.56 Å². The SMILES string of the molecule is [N-]=[N+]=NCC1CC(=O)N(CCc2ccc3occc3c2)C1. The van der Waals surface area contributed by atoms with Gasteiger partial charge in [-0.25, -0.2) is 0 Å². The third-order valence-electron chi connectivity index (χ3n) is 3.88. The minimum atomic E-state index is 0.150. The molecular formula is C15H16N4O2. The van der Waals surface area contributed by atoms with Gasteiger partial charge in [0.1, 0.15) is 5.58 Å². The Balaban J connectivity index is 1.59. The highest BCUT2D eigenvalue weighted by molar-refractivity contribution is 5.79. The molecule has 0 spiro atoms. The lowest BCUT2D eigenvalue weighted by Crippen LogP contribution is -2.27. The summed E-state index contributed by atoms with van der Waals surface area (Å²) in [5.74, 6) is 0.308. The summed E-state index contributed by atoms with van der Waals surface area (Å²) in [7, 11) is 0. The molecule has 108 valence electrons. The van der Waals surface area contributed by atoms with Crippen molar-refractivity contribution in [2.75, 3.05) is 19.6 Å². The number of amides is 1. The Morgan fingerprint density at radius 1 is 1.43 bits per heavy atom. The molecule has 0 aliphatic carbocycles. The second kappa shape index (κ2) is 5.89. The molecule has 2 heterocycles. The van der Waals surface area contributed by atoms with Crippen molar-refractivity contribution in [2.45, 2.75) is 12.8 Å². The third-order valence-corrected chi connectivity index (χ3v) is 3.88. The second-order valence-corrected chi connectivity index (χ2v) is 5.37. The first kappa shape index (κ1) is 13.5. The molecule has 1 aliphatic heterocycles. The van der Waals surface area contributed by atoms with E-state index in [0.717, 1.165) is 17.4 Å². The van der Waals surface area contributed by atoms with E-state index in [0.29, 0.717) is 26.1 Å². The number of hydrogen-bond acceptors (Lipinski definition) is 3. The highest BCUT2D eigenvalue weighted by Crippen LogP contribution is 2.20. The number of hydrogen-bond donors (Lipinski definition) is 0. The first-order chi connectivity index (χ1) is 10.3. The predicted molar refractivity (Wildman–Crippen MR) is 78.6 cm³/mol. The lowest BCUT2D eigenvalue weighted by atomic mass is 10.1. The van der Waals surface area contributed by atoms with Crippen molar-refractivity contribution < 1.29 is 9.21 Å². The molecule has 3 rings (SSSR count). The molecule has 21 heavy (non-hydrogen) atoms. The molecule has 1 aromatic carbocycles. The van der Waals surface area contributed by atoms with Crippen LogP contribution in [0, 0.1) is 5.92 Å². The Morgan fingerprint density at radius 2 is 2.33 bits per heavy atom. The zero-order valence-corrected chi connectivity index (χ0v) is 11.6. The summed E-state index contributed by atoms with van der Waals surface area (Å²) in [6.07, 6.45) is 2.99. The first-order valence-electron chi connectivity index (χ1n) is 7.01. The van der Waals surface area contributed by atoms with Gasteiger partial charge in [0, 0.05) is 36.4 Å². The zero-order chi connectivity index (χ0) is 14.7. The van der Waals surface area contributed by atoms with Gasteiger partial charge >= 0.3 is 0 Å². The Kier molecular flexibility index (Phi) is 3.79. The standard InChI is InChI=1S/C15H16N4O2/c16-18-17-9-12-8-15(20)19(10-12)5-3-11-1-2-14-13(7-11)4-6-21-14/h1-2,4,6-7,12H,3,5,8-10H2. The van der Waals surface area contributed by atoms with Crippen LogP contribution in [0.1, 0.15) is 12.0 Å². The lowest BCUT2D eigenvalue weighted by Gasteiger charge is -2.16. The van der Waals surface area contributed by atoms with Crippen LogP contribution in [0.2, 0.25) is 0 Å². The number of carbonyl (C=O) groups is 1. The number of benzene rings is 1. The highest BCUT2D eigenvalue weighted by Gasteiger charge is 2.28. The number of rotatable bonds is 5. The summed E-state index contributed by atoms with van der Waals surface area (Å²) in [6, 6.07) is 8.03. The molecule has 1 aliphatic rings. The molecule has 0 radical (unpaired) electrons. The summed E-state index contributed by atoms with van der Waals surface area (Å²) in [6.45, 7) is 1.79. The van der Waals surface area contributed by atoms with Crippen LogP contribution in [0.25, 0.3) is 21.4 Å². The summed E-state index contributed by atoms with van der Waals surface area (Å²) >= 11 is 0. The van der Waals surface area contributed by atoms with Crippen LogP contribution in [0.4, 0.5) is 0 Å². The van der Waals surface area contributed by atoms with Gasteiger partial charge in [0.05, 0.1) is 6.26 Å². The maximum Gasteiger partial charge on any atom is 0.222 e. The van der Waals surface area contributed by atoms with E-state index in [1.54, 1.807) is 6.26 Å².